The quantitative estimate of drug-likeness (QED) is 0.724. The van der Waals surface area contributed by atoms with Crippen LogP contribution in [0, 0.1) is 6.92 Å². The Labute approximate surface area is 140 Å². The van der Waals surface area contributed by atoms with Gasteiger partial charge in [-0.15, -0.1) is 10.2 Å². The van der Waals surface area contributed by atoms with E-state index in [-0.39, 0.29) is 0 Å². The lowest BCUT2D eigenvalue weighted by Crippen LogP contribution is -2.46. The average Bonchev–Trinajstić information content (AvgIpc) is 3.30. The Morgan fingerprint density at radius 2 is 2.12 bits per heavy atom. The molecule has 0 radical (unpaired) electrons. The summed E-state index contributed by atoms with van der Waals surface area (Å²) in [5.41, 5.74) is 2.14. The molecule has 3 aromatic heterocycles. The van der Waals surface area contributed by atoms with Crippen LogP contribution in [0.15, 0.2) is 36.9 Å². The monoisotopic (exact) mass is 321 g/mol. The zero-order valence-corrected chi connectivity index (χ0v) is 13.6. The lowest BCUT2D eigenvalue weighted by Gasteiger charge is -2.34. The summed E-state index contributed by atoms with van der Waals surface area (Å²) in [4.78, 5) is 13.8. The van der Waals surface area contributed by atoms with Gasteiger partial charge >= 0.3 is 0 Å². The Morgan fingerprint density at radius 1 is 1.17 bits per heavy atom. The Morgan fingerprint density at radius 3 is 2.92 bits per heavy atom. The molecule has 2 fully saturated rings. The van der Waals surface area contributed by atoms with Gasteiger partial charge in [0.05, 0.1) is 0 Å². The van der Waals surface area contributed by atoms with E-state index in [2.05, 4.69) is 36.0 Å². The predicted molar refractivity (Wildman–Crippen MR) is 89.7 cm³/mol. The summed E-state index contributed by atoms with van der Waals surface area (Å²) in [6.07, 6.45) is 8.75. The number of piperazine rings is 1. The largest absolute Gasteiger partial charge is 0.348 e. The molecule has 2 unspecified atom stereocenters. The Balaban J connectivity index is 1.38. The van der Waals surface area contributed by atoms with E-state index in [1.54, 1.807) is 0 Å². The topological polar surface area (TPSA) is 62.5 Å². The van der Waals surface area contributed by atoms with E-state index in [1.807, 2.05) is 42.2 Å². The molecule has 2 saturated heterocycles. The lowest BCUT2D eigenvalue weighted by atomic mass is 10.2. The van der Waals surface area contributed by atoms with Crippen molar-refractivity contribution < 1.29 is 0 Å². The summed E-state index contributed by atoms with van der Waals surface area (Å²) in [5, 5.41) is 8.51. The van der Waals surface area contributed by atoms with Crippen LogP contribution in [-0.2, 0) is 6.54 Å². The number of likely N-dealkylation sites (tertiary alicyclic amines) is 1. The number of hydrogen-bond acceptors (Lipinski definition) is 6. The van der Waals surface area contributed by atoms with Crippen molar-refractivity contribution in [2.75, 3.05) is 18.0 Å². The van der Waals surface area contributed by atoms with Crippen molar-refractivity contribution in [1.82, 2.24) is 29.5 Å². The van der Waals surface area contributed by atoms with Gasteiger partial charge in [-0.05, 0) is 25.0 Å². The third kappa shape index (κ3) is 2.08. The number of rotatable bonds is 3. The van der Waals surface area contributed by atoms with Crippen LogP contribution < -0.4 is 4.90 Å². The minimum atomic E-state index is 0.502. The SMILES string of the molecule is Cc1nnc2c(N3CC4CC3CN4Cc3cccnc3)nccn12. The van der Waals surface area contributed by atoms with E-state index in [0.29, 0.717) is 12.1 Å². The molecular weight excluding hydrogens is 302 g/mol. The maximum Gasteiger partial charge on any atom is 0.203 e. The van der Waals surface area contributed by atoms with Gasteiger partial charge in [-0.25, -0.2) is 4.98 Å². The highest BCUT2D eigenvalue weighted by atomic mass is 15.4. The molecule has 0 saturated carbocycles. The van der Waals surface area contributed by atoms with E-state index in [4.69, 9.17) is 0 Å². The minimum Gasteiger partial charge on any atom is -0.348 e. The summed E-state index contributed by atoms with van der Waals surface area (Å²) in [6, 6.07) is 5.23. The summed E-state index contributed by atoms with van der Waals surface area (Å²) in [5.74, 6) is 1.86. The molecule has 2 aliphatic heterocycles. The summed E-state index contributed by atoms with van der Waals surface area (Å²) in [7, 11) is 0. The third-order valence-electron chi connectivity index (χ3n) is 5.21. The van der Waals surface area contributed by atoms with Crippen LogP contribution in [0.1, 0.15) is 17.8 Å². The first-order valence-electron chi connectivity index (χ1n) is 8.35. The van der Waals surface area contributed by atoms with Gasteiger partial charge < -0.3 is 4.90 Å². The number of nitrogens with zero attached hydrogens (tertiary/aromatic N) is 7. The van der Waals surface area contributed by atoms with Crippen molar-refractivity contribution in [3.8, 4) is 0 Å². The number of fused-ring (bicyclic) bond motifs is 3. The van der Waals surface area contributed by atoms with Gasteiger partial charge in [0.25, 0.3) is 0 Å². The van der Waals surface area contributed by atoms with Crippen LogP contribution in [-0.4, -0.2) is 54.6 Å². The molecule has 3 aromatic rings. The van der Waals surface area contributed by atoms with Crippen LogP contribution in [0.4, 0.5) is 5.82 Å². The van der Waals surface area contributed by atoms with Crippen LogP contribution in [0.3, 0.4) is 0 Å². The van der Waals surface area contributed by atoms with Gasteiger partial charge in [0.15, 0.2) is 5.82 Å². The van der Waals surface area contributed by atoms with Crippen molar-refractivity contribution in [2.45, 2.75) is 32.0 Å². The van der Waals surface area contributed by atoms with Gasteiger partial charge in [-0.2, -0.15) is 0 Å². The number of pyridine rings is 1. The highest BCUT2D eigenvalue weighted by Crippen LogP contribution is 2.35. The standard InChI is InChI=1S/C17H19N7/c1-12-20-21-17-16(19-5-6-23(12)17)24-11-14-7-15(24)10-22(14)9-13-3-2-4-18-8-13/h2-6,8,14-15H,7,9-11H2,1H3. The van der Waals surface area contributed by atoms with E-state index in [9.17, 15) is 0 Å². The van der Waals surface area contributed by atoms with Gasteiger partial charge in [-0.3, -0.25) is 14.3 Å². The molecular formula is C17H19N7. The number of anilines is 1. The summed E-state index contributed by atoms with van der Waals surface area (Å²) in [6.45, 7) is 5.01. The molecule has 5 heterocycles. The summed E-state index contributed by atoms with van der Waals surface area (Å²) < 4.78 is 2.02. The Bertz CT molecular complexity index is 875. The molecule has 2 bridgehead atoms. The van der Waals surface area contributed by atoms with Crippen molar-refractivity contribution in [3.05, 3.63) is 48.3 Å². The molecule has 0 spiro atoms. The van der Waals surface area contributed by atoms with E-state index >= 15 is 0 Å². The first-order valence-corrected chi connectivity index (χ1v) is 8.35. The molecule has 0 N–H and O–H groups in total. The lowest BCUT2D eigenvalue weighted by molar-refractivity contribution is 0.230. The van der Waals surface area contributed by atoms with Gasteiger partial charge in [-0.1, -0.05) is 6.07 Å². The highest BCUT2D eigenvalue weighted by molar-refractivity contribution is 5.65. The van der Waals surface area contributed by atoms with Gasteiger partial charge in [0.2, 0.25) is 5.65 Å². The number of hydrogen-bond donors (Lipinski definition) is 0. The van der Waals surface area contributed by atoms with E-state index in [0.717, 1.165) is 36.9 Å². The molecule has 2 aliphatic rings. The van der Waals surface area contributed by atoms with Crippen LogP contribution in [0.5, 0.6) is 0 Å². The normalized spacial score (nSPS) is 23.5. The van der Waals surface area contributed by atoms with Crippen molar-refractivity contribution in [2.24, 2.45) is 0 Å². The molecule has 5 rings (SSSR count). The zero-order chi connectivity index (χ0) is 16.1. The molecule has 122 valence electrons. The van der Waals surface area contributed by atoms with Crippen LogP contribution in [0.2, 0.25) is 0 Å². The average molecular weight is 321 g/mol. The first kappa shape index (κ1) is 13.9. The minimum absolute atomic E-state index is 0.502. The Kier molecular flexibility index (Phi) is 3.02. The Hall–Kier alpha value is -2.54. The van der Waals surface area contributed by atoms with E-state index in [1.165, 1.54) is 12.0 Å². The van der Waals surface area contributed by atoms with Gasteiger partial charge in [0.1, 0.15) is 5.82 Å². The van der Waals surface area contributed by atoms with Gasteiger partial charge in [0, 0.05) is 56.5 Å². The molecule has 0 amide bonds. The zero-order valence-electron chi connectivity index (χ0n) is 13.6. The highest BCUT2D eigenvalue weighted by Gasteiger charge is 2.44. The van der Waals surface area contributed by atoms with Crippen LogP contribution >= 0.6 is 0 Å². The first-order chi connectivity index (χ1) is 11.8. The second-order valence-electron chi connectivity index (χ2n) is 6.68. The molecule has 7 nitrogen and oxygen atoms in total. The molecule has 24 heavy (non-hydrogen) atoms. The molecule has 7 heteroatoms. The van der Waals surface area contributed by atoms with Crippen molar-refractivity contribution in [3.63, 3.8) is 0 Å². The fraction of sp³-hybridized carbons (Fsp3) is 0.412. The third-order valence-corrected chi connectivity index (χ3v) is 5.21. The molecule has 0 aromatic carbocycles. The van der Waals surface area contributed by atoms with E-state index < -0.39 is 0 Å². The summed E-state index contributed by atoms with van der Waals surface area (Å²) >= 11 is 0. The fourth-order valence-corrected chi connectivity index (χ4v) is 4.06. The smallest absolute Gasteiger partial charge is 0.203 e. The van der Waals surface area contributed by atoms with Crippen molar-refractivity contribution in [1.29, 1.82) is 0 Å². The predicted octanol–water partition coefficient (Wildman–Crippen LogP) is 1.29. The maximum absolute atomic E-state index is 4.60. The maximum atomic E-state index is 4.60. The van der Waals surface area contributed by atoms with Crippen molar-refractivity contribution >= 4 is 11.5 Å². The molecule has 0 aliphatic carbocycles. The fourth-order valence-electron chi connectivity index (χ4n) is 4.06. The number of aromatic nitrogens is 5. The second kappa shape index (κ2) is 5.24. The second-order valence-corrected chi connectivity index (χ2v) is 6.68. The van der Waals surface area contributed by atoms with Crippen LogP contribution in [0.25, 0.3) is 5.65 Å². The molecule has 2 atom stereocenters. The number of aryl methyl sites for hydroxylation is 1.